The molecular weight excluding hydrogens is 168 g/mol. The predicted molar refractivity (Wildman–Crippen MR) is 49.4 cm³/mol. The lowest BCUT2D eigenvalue weighted by molar-refractivity contribution is -0.114. The molecule has 0 amide bonds. The van der Waals surface area contributed by atoms with Crippen LogP contribution in [0.3, 0.4) is 0 Å². The summed E-state index contributed by atoms with van der Waals surface area (Å²) in [6.45, 7) is 5.30. The van der Waals surface area contributed by atoms with Crippen LogP contribution in [-0.2, 0) is 14.3 Å². The molecule has 0 aromatic rings. The highest BCUT2D eigenvalue weighted by Crippen LogP contribution is 2.19. The number of Topliss-reactive ketones (excluding diaryl/α,β-unsaturated/α-hetero) is 1. The summed E-state index contributed by atoms with van der Waals surface area (Å²) in [7, 11) is 0. The van der Waals surface area contributed by atoms with Gasteiger partial charge in [-0.25, -0.2) is 0 Å². The zero-order valence-electron chi connectivity index (χ0n) is 8.26. The Kier molecular flexibility index (Phi) is 3.96. The van der Waals surface area contributed by atoms with E-state index in [2.05, 4.69) is 0 Å². The molecule has 0 aromatic heterocycles. The van der Waals surface area contributed by atoms with Crippen LogP contribution in [-0.4, -0.2) is 25.6 Å². The molecule has 0 aliphatic carbocycles. The fraction of sp³-hybridized carbons (Fsp3) is 0.700. The van der Waals surface area contributed by atoms with Gasteiger partial charge in [0.2, 0.25) is 0 Å². The van der Waals surface area contributed by atoms with E-state index in [9.17, 15) is 4.79 Å². The van der Waals surface area contributed by atoms with Crippen molar-refractivity contribution in [3.8, 4) is 0 Å². The highest BCUT2D eigenvalue weighted by Gasteiger charge is 2.17. The second kappa shape index (κ2) is 5.02. The summed E-state index contributed by atoms with van der Waals surface area (Å²) in [6, 6.07) is 0. The molecule has 0 aromatic carbocycles. The van der Waals surface area contributed by atoms with Crippen molar-refractivity contribution >= 4 is 5.78 Å². The SMILES string of the molecule is CCOCC1=C(C(C)=O)CCCO1. The maximum absolute atomic E-state index is 11.2. The minimum atomic E-state index is 0.106. The van der Waals surface area contributed by atoms with Crippen molar-refractivity contribution < 1.29 is 14.3 Å². The van der Waals surface area contributed by atoms with Crippen molar-refractivity contribution in [2.24, 2.45) is 0 Å². The monoisotopic (exact) mass is 184 g/mol. The van der Waals surface area contributed by atoms with Gasteiger partial charge in [0, 0.05) is 12.2 Å². The van der Waals surface area contributed by atoms with Crippen LogP contribution in [0.25, 0.3) is 0 Å². The van der Waals surface area contributed by atoms with Gasteiger partial charge in [-0.3, -0.25) is 4.79 Å². The van der Waals surface area contributed by atoms with Crippen molar-refractivity contribution in [3.05, 3.63) is 11.3 Å². The highest BCUT2D eigenvalue weighted by atomic mass is 16.5. The molecule has 0 N–H and O–H groups in total. The summed E-state index contributed by atoms with van der Waals surface area (Å²) < 4.78 is 10.6. The molecule has 1 heterocycles. The van der Waals surface area contributed by atoms with Crippen LogP contribution in [0.15, 0.2) is 11.3 Å². The van der Waals surface area contributed by atoms with Crippen LogP contribution in [0.2, 0.25) is 0 Å². The van der Waals surface area contributed by atoms with Gasteiger partial charge in [-0.2, -0.15) is 0 Å². The molecule has 74 valence electrons. The van der Waals surface area contributed by atoms with Gasteiger partial charge in [0.05, 0.1) is 6.61 Å². The lowest BCUT2D eigenvalue weighted by Crippen LogP contribution is -2.15. The third-order valence-corrected chi connectivity index (χ3v) is 2.05. The van der Waals surface area contributed by atoms with Crippen LogP contribution in [0.4, 0.5) is 0 Å². The topological polar surface area (TPSA) is 35.5 Å². The maximum atomic E-state index is 11.2. The number of hydrogen-bond acceptors (Lipinski definition) is 3. The first-order chi connectivity index (χ1) is 6.25. The molecule has 3 nitrogen and oxygen atoms in total. The van der Waals surface area contributed by atoms with Crippen molar-refractivity contribution in [1.82, 2.24) is 0 Å². The first kappa shape index (κ1) is 10.3. The van der Waals surface area contributed by atoms with Crippen molar-refractivity contribution in [2.75, 3.05) is 19.8 Å². The zero-order valence-corrected chi connectivity index (χ0v) is 8.26. The lowest BCUT2D eigenvalue weighted by atomic mass is 10.0. The molecular formula is C10H16O3. The van der Waals surface area contributed by atoms with E-state index < -0.39 is 0 Å². The number of ether oxygens (including phenoxy) is 2. The average Bonchev–Trinajstić information content (AvgIpc) is 2.15. The molecule has 1 aliphatic heterocycles. The second-order valence-corrected chi connectivity index (χ2v) is 3.05. The number of carbonyl (C=O) groups excluding carboxylic acids is 1. The Morgan fingerprint density at radius 3 is 3.00 bits per heavy atom. The van der Waals surface area contributed by atoms with E-state index >= 15 is 0 Å². The van der Waals surface area contributed by atoms with Crippen molar-refractivity contribution in [1.29, 1.82) is 0 Å². The van der Waals surface area contributed by atoms with Crippen molar-refractivity contribution in [3.63, 3.8) is 0 Å². The number of ketones is 1. The summed E-state index contributed by atoms with van der Waals surface area (Å²) in [6.07, 6.45) is 1.77. The molecule has 0 saturated heterocycles. The van der Waals surface area contributed by atoms with Crippen LogP contribution in [0.1, 0.15) is 26.7 Å². The Hall–Kier alpha value is -0.830. The molecule has 1 rings (SSSR count). The van der Waals surface area contributed by atoms with Crippen LogP contribution in [0, 0.1) is 0 Å². The molecule has 3 heteroatoms. The third-order valence-electron chi connectivity index (χ3n) is 2.05. The van der Waals surface area contributed by atoms with Crippen LogP contribution < -0.4 is 0 Å². The predicted octanol–water partition coefficient (Wildman–Crippen LogP) is 1.68. The van der Waals surface area contributed by atoms with Crippen LogP contribution >= 0.6 is 0 Å². The number of allylic oxidation sites excluding steroid dienone is 1. The molecule has 0 radical (unpaired) electrons. The van der Waals surface area contributed by atoms with E-state index in [0.29, 0.717) is 19.8 Å². The summed E-state index contributed by atoms with van der Waals surface area (Å²) >= 11 is 0. The molecule has 0 fully saturated rings. The minimum Gasteiger partial charge on any atom is -0.495 e. The molecule has 0 saturated carbocycles. The summed E-state index contributed by atoms with van der Waals surface area (Å²) in [5.41, 5.74) is 0.805. The Morgan fingerprint density at radius 1 is 1.62 bits per heavy atom. The van der Waals surface area contributed by atoms with Gasteiger partial charge in [-0.05, 0) is 26.7 Å². The van der Waals surface area contributed by atoms with E-state index in [1.54, 1.807) is 6.92 Å². The Bertz CT molecular complexity index is 218. The first-order valence-corrected chi connectivity index (χ1v) is 4.69. The fourth-order valence-corrected chi connectivity index (χ4v) is 1.37. The van der Waals surface area contributed by atoms with Crippen molar-refractivity contribution in [2.45, 2.75) is 26.7 Å². The quantitative estimate of drug-likeness (QED) is 0.666. The third kappa shape index (κ3) is 2.84. The second-order valence-electron chi connectivity index (χ2n) is 3.05. The number of carbonyl (C=O) groups is 1. The standard InChI is InChI=1S/C10H16O3/c1-3-12-7-10-9(8(2)11)5-4-6-13-10/h3-7H2,1-2H3. The molecule has 0 spiro atoms. The Balaban J connectivity index is 2.65. The Labute approximate surface area is 78.7 Å². The number of hydrogen-bond donors (Lipinski definition) is 0. The van der Waals surface area contributed by atoms with Crippen LogP contribution in [0.5, 0.6) is 0 Å². The summed E-state index contributed by atoms with van der Waals surface area (Å²) in [4.78, 5) is 11.2. The normalized spacial score (nSPS) is 17.1. The summed E-state index contributed by atoms with van der Waals surface area (Å²) in [5.74, 6) is 0.843. The largest absolute Gasteiger partial charge is 0.495 e. The lowest BCUT2D eigenvalue weighted by Gasteiger charge is -2.19. The van der Waals surface area contributed by atoms with Gasteiger partial charge in [0.1, 0.15) is 12.4 Å². The van der Waals surface area contributed by atoms with Gasteiger partial charge in [-0.1, -0.05) is 0 Å². The molecule has 1 aliphatic rings. The van der Waals surface area contributed by atoms with E-state index in [0.717, 1.165) is 24.2 Å². The Morgan fingerprint density at radius 2 is 2.38 bits per heavy atom. The average molecular weight is 184 g/mol. The maximum Gasteiger partial charge on any atom is 0.159 e. The zero-order chi connectivity index (χ0) is 9.68. The summed E-state index contributed by atoms with van der Waals surface area (Å²) in [5, 5.41) is 0. The fourth-order valence-electron chi connectivity index (χ4n) is 1.37. The molecule has 13 heavy (non-hydrogen) atoms. The van der Waals surface area contributed by atoms with E-state index in [1.165, 1.54) is 0 Å². The van der Waals surface area contributed by atoms with E-state index in [1.807, 2.05) is 6.92 Å². The van der Waals surface area contributed by atoms with Gasteiger partial charge in [0.25, 0.3) is 0 Å². The minimum absolute atomic E-state index is 0.106. The van der Waals surface area contributed by atoms with Gasteiger partial charge in [-0.15, -0.1) is 0 Å². The van der Waals surface area contributed by atoms with Gasteiger partial charge in [0.15, 0.2) is 5.78 Å². The highest BCUT2D eigenvalue weighted by molar-refractivity contribution is 5.93. The molecule has 0 atom stereocenters. The first-order valence-electron chi connectivity index (χ1n) is 4.69. The number of rotatable bonds is 4. The van der Waals surface area contributed by atoms with Gasteiger partial charge >= 0.3 is 0 Å². The molecule has 0 bridgehead atoms. The van der Waals surface area contributed by atoms with E-state index in [-0.39, 0.29) is 5.78 Å². The van der Waals surface area contributed by atoms with Gasteiger partial charge < -0.3 is 9.47 Å². The smallest absolute Gasteiger partial charge is 0.159 e. The molecule has 0 unspecified atom stereocenters. The van der Waals surface area contributed by atoms with E-state index in [4.69, 9.17) is 9.47 Å².